The molecule has 1 aromatic heterocycles. The standard InChI is InChI=1S/C10H17N3S/c1-6(2)8-9(13-10(11)12-8)7-4-3-5-14-7/h6-7H,3-5H2,1-2H3,(H3,11,12,13). The van der Waals surface area contributed by atoms with E-state index in [1.54, 1.807) is 0 Å². The third-order valence-electron chi connectivity index (χ3n) is 2.58. The molecule has 1 aliphatic heterocycles. The van der Waals surface area contributed by atoms with E-state index < -0.39 is 0 Å². The van der Waals surface area contributed by atoms with Crippen LogP contribution < -0.4 is 5.73 Å². The minimum absolute atomic E-state index is 0.458. The molecule has 1 saturated heterocycles. The van der Waals surface area contributed by atoms with Gasteiger partial charge in [0.1, 0.15) is 0 Å². The van der Waals surface area contributed by atoms with Crippen molar-refractivity contribution in [3.05, 3.63) is 11.4 Å². The molecular formula is C10H17N3S. The van der Waals surface area contributed by atoms with Crippen LogP contribution in [0.15, 0.2) is 0 Å². The molecule has 1 aliphatic rings. The van der Waals surface area contributed by atoms with Gasteiger partial charge >= 0.3 is 0 Å². The van der Waals surface area contributed by atoms with Gasteiger partial charge in [0.15, 0.2) is 5.95 Å². The minimum Gasteiger partial charge on any atom is -0.369 e. The molecular weight excluding hydrogens is 194 g/mol. The van der Waals surface area contributed by atoms with Gasteiger partial charge in [-0.1, -0.05) is 13.8 Å². The largest absolute Gasteiger partial charge is 0.369 e. The highest BCUT2D eigenvalue weighted by molar-refractivity contribution is 7.99. The van der Waals surface area contributed by atoms with Crippen LogP contribution in [-0.2, 0) is 0 Å². The third-order valence-corrected chi connectivity index (χ3v) is 3.98. The monoisotopic (exact) mass is 211 g/mol. The number of thioether (sulfide) groups is 1. The lowest BCUT2D eigenvalue weighted by molar-refractivity contribution is 0.764. The first kappa shape index (κ1) is 9.90. The van der Waals surface area contributed by atoms with Gasteiger partial charge in [-0.2, -0.15) is 11.8 Å². The number of nitrogen functional groups attached to an aromatic ring is 1. The molecule has 4 heteroatoms. The van der Waals surface area contributed by atoms with Gasteiger partial charge in [-0.25, -0.2) is 4.98 Å². The van der Waals surface area contributed by atoms with Crippen molar-refractivity contribution in [1.82, 2.24) is 9.97 Å². The van der Waals surface area contributed by atoms with Gasteiger partial charge in [-0.3, -0.25) is 0 Å². The van der Waals surface area contributed by atoms with Crippen molar-refractivity contribution >= 4 is 17.7 Å². The van der Waals surface area contributed by atoms with Crippen LogP contribution in [0.4, 0.5) is 5.95 Å². The fourth-order valence-electron chi connectivity index (χ4n) is 1.91. The van der Waals surface area contributed by atoms with E-state index in [4.69, 9.17) is 5.73 Å². The Morgan fingerprint density at radius 1 is 1.57 bits per heavy atom. The fourth-order valence-corrected chi connectivity index (χ4v) is 3.21. The van der Waals surface area contributed by atoms with E-state index in [0.29, 0.717) is 17.1 Å². The molecule has 0 amide bonds. The number of H-pyrrole nitrogens is 1. The second-order valence-electron chi connectivity index (χ2n) is 4.08. The molecule has 14 heavy (non-hydrogen) atoms. The molecule has 1 fully saturated rings. The molecule has 3 nitrogen and oxygen atoms in total. The number of anilines is 1. The summed E-state index contributed by atoms with van der Waals surface area (Å²) >= 11 is 2.01. The number of nitrogens with zero attached hydrogens (tertiary/aromatic N) is 1. The Morgan fingerprint density at radius 3 is 2.93 bits per heavy atom. The molecule has 0 bridgehead atoms. The number of aromatic nitrogens is 2. The summed E-state index contributed by atoms with van der Waals surface area (Å²) in [6.07, 6.45) is 2.57. The van der Waals surface area contributed by atoms with Crippen molar-refractivity contribution in [1.29, 1.82) is 0 Å². The van der Waals surface area contributed by atoms with Crippen molar-refractivity contribution in [2.24, 2.45) is 0 Å². The number of hydrogen-bond acceptors (Lipinski definition) is 3. The molecule has 78 valence electrons. The second kappa shape index (κ2) is 3.85. The minimum atomic E-state index is 0.458. The maximum Gasteiger partial charge on any atom is 0.197 e. The molecule has 2 heterocycles. The van der Waals surface area contributed by atoms with Crippen molar-refractivity contribution in [3.8, 4) is 0 Å². The molecule has 2 rings (SSSR count). The summed E-state index contributed by atoms with van der Waals surface area (Å²) in [6, 6.07) is 0. The van der Waals surface area contributed by atoms with Gasteiger partial charge in [-0.05, 0) is 24.5 Å². The molecule has 0 aromatic carbocycles. The Bertz CT molecular complexity index is 313. The van der Waals surface area contributed by atoms with E-state index in [-0.39, 0.29) is 0 Å². The van der Waals surface area contributed by atoms with E-state index in [0.717, 1.165) is 5.69 Å². The third kappa shape index (κ3) is 1.75. The predicted octanol–water partition coefficient (Wildman–Crippen LogP) is 2.68. The van der Waals surface area contributed by atoms with Crippen LogP contribution in [0.3, 0.4) is 0 Å². The average Bonchev–Trinajstić information content (AvgIpc) is 2.70. The smallest absolute Gasteiger partial charge is 0.197 e. The molecule has 3 N–H and O–H groups in total. The predicted molar refractivity (Wildman–Crippen MR) is 61.5 cm³/mol. The fraction of sp³-hybridized carbons (Fsp3) is 0.700. The zero-order valence-corrected chi connectivity index (χ0v) is 9.53. The van der Waals surface area contributed by atoms with Crippen molar-refractivity contribution < 1.29 is 0 Å². The summed E-state index contributed by atoms with van der Waals surface area (Å²) in [7, 11) is 0. The summed E-state index contributed by atoms with van der Waals surface area (Å²) in [5.74, 6) is 2.29. The number of imidazole rings is 1. The molecule has 0 aliphatic carbocycles. The van der Waals surface area contributed by atoms with Crippen LogP contribution in [0.2, 0.25) is 0 Å². The summed E-state index contributed by atoms with van der Waals surface area (Å²) in [5.41, 5.74) is 8.13. The van der Waals surface area contributed by atoms with E-state index in [2.05, 4.69) is 23.8 Å². The van der Waals surface area contributed by atoms with Gasteiger partial charge in [0.25, 0.3) is 0 Å². The first-order valence-corrected chi connectivity index (χ1v) is 6.20. The summed E-state index contributed by atoms with van der Waals surface area (Å²) < 4.78 is 0. The van der Waals surface area contributed by atoms with E-state index in [1.165, 1.54) is 24.3 Å². The highest BCUT2D eigenvalue weighted by Crippen LogP contribution is 2.41. The Hall–Kier alpha value is -0.640. The van der Waals surface area contributed by atoms with E-state index in [9.17, 15) is 0 Å². The zero-order chi connectivity index (χ0) is 10.1. The zero-order valence-electron chi connectivity index (χ0n) is 8.71. The summed E-state index contributed by atoms with van der Waals surface area (Å²) in [4.78, 5) is 7.58. The van der Waals surface area contributed by atoms with Crippen LogP contribution in [0, 0.1) is 0 Å². The molecule has 1 atom stereocenters. The highest BCUT2D eigenvalue weighted by atomic mass is 32.2. The average molecular weight is 211 g/mol. The van der Waals surface area contributed by atoms with E-state index >= 15 is 0 Å². The topological polar surface area (TPSA) is 54.7 Å². The van der Waals surface area contributed by atoms with Crippen LogP contribution in [-0.4, -0.2) is 15.7 Å². The van der Waals surface area contributed by atoms with Crippen LogP contribution in [0.5, 0.6) is 0 Å². The molecule has 0 spiro atoms. The molecule has 0 saturated carbocycles. The Kier molecular flexibility index (Phi) is 2.72. The lowest BCUT2D eigenvalue weighted by Gasteiger charge is -2.10. The molecule has 1 aromatic rings. The van der Waals surface area contributed by atoms with E-state index in [1.807, 2.05) is 11.8 Å². The van der Waals surface area contributed by atoms with Crippen molar-refractivity contribution in [2.45, 2.75) is 37.9 Å². The van der Waals surface area contributed by atoms with Gasteiger partial charge in [0.2, 0.25) is 0 Å². The van der Waals surface area contributed by atoms with Crippen molar-refractivity contribution in [2.75, 3.05) is 11.5 Å². The summed E-state index contributed by atoms with van der Waals surface area (Å²) in [5, 5.41) is 0.595. The Balaban J connectivity index is 2.30. The second-order valence-corrected chi connectivity index (χ2v) is 5.39. The van der Waals surface area contributed by atoms with Gasteiger partial charge in [0.05, 0.1) is 11.4 Å². The van der Waals surface area contributed by atoms with Gasteiger partial charge < -0.3 is 10.7 Å². The maximum absolute atomic E-state index is 5.71. The van der Waals surface area contributed by atoms with Crippen molar-refractivity contribution in [3.63, 3.8) is 0 Å². The van der Waals surface area contributed by atoms with Gasteiger partial charge in [-0.15, -0.1) is 0 Å². The lowest BCUT2D eigenvalue weighted by atomic mass is 10.1. The van der Waals surface area contributed by atoms with Crippen LogP contribution in [0.1, 0.15) is 49.2 Å². The quantitative estimate of drug-likeness (QED) is 0.790. The van der Waals surface area contributed by atoms with Crippen LogP contribution in [0.25, 0.3) is 0 Å². The van der Waals surface area contributed by atoms with Crippen LogP contribution >= 0.6 is 11.8 Å². The number of aromatic amines is 1. The Labute approximate surface area is 88.9 Å². The number of rotatable bonds is 2. The maximum atomic E-state index is 5.71. The number of hydrogen-bond donors (Lipinski definition) is 2. The Morgan fingerprint density at radius 2 is 2.36 bits per heavy atom. The number of nitrogens with one attached hydrogen (secondary N) is 1. The first-order chi connectivity index (χ1) is 6.68. The molecule has 1 unspecified atom stereocenters. The number of nitrogens with two attached hydrogens (primary N) is 1. The first-order valence-electron chi connectivity index (χ1n) is 5.15. The normalized spacial score (nSPS) is 22.1. The lowest BCUT2D eigenvalue weighted by Crippen LogP contribution is -1.97. The highest BCUT2D eigenvalue weighted by Gasteiger charge is 2.24. The molecule has 0 radical (unpaired) electrons. The summed E-state index contributed by atoms with van der Waals surface area (Å²) in [6.45, 7) is 4.33. The SMILES string of the molecule is CC(C)c1nc(N)[nH]c1C1CCCS1. The van der Waals surface area contributed by atoms with Gasteiger partial charge in [0, 0.05) is 5.25 Å².